The summed E-state index contributed by atoms with van der Waals surface area (Å²) in [7, 11) is 3.05. The van der Waals surface area contributed by atoms with Gasteiger partial charge in [0.15, 0.2) is 0 Å². The maximum Gasteiger partial charge on any atom is 0.311 e. The van der Waals surface area contributed by atoms with E-state index in [-0.39, 0.29) is 11.5 Å². The number of hydrogen-bond donors (Lipinski definition) is 1. The minimum absolute atomic E-state index is 0.114. The summed E-state index contributed by atoms with van der Waals surface area (Å²) < 4.78 is 10.3. The second-order valence-electron chi connectivity index (χ2n) is 3.82. The molecule has 0 saturated heterocycles. The molecule has 1 aromatic heterocycles. The lowest BCUT2D eigenvalue weighted by atomic mass is 10.2. The van der Waals surface area contributed by atoms with Crippen molar-refractivity contribution in [1.82, 2.24) is 4.98 Å². The monoisotopic (exact) mass is 275 g/mol. The molecule has 20 heavy (non-hydrogen) atoms. The van der Waals surface area contributed by atoms with Crippen molar-refractivity contribution < 1.29 is 14.4 Å². The first-order chi connectivity index (χ1) is 9.65. The highest BCUT2D eigenvalue weighted by Crippen LogP contribution is 2.33. The molecule has 0 bridgehead atoms. The molecule has 1 N–H and O–H groups in total. The molecule has 0 saturated carbocycles. The summed E-state index contributed by atoms with van der Waals surface area (Å²) in [5.74, 6) is 1.28. The van der Waals surface area contributed by atoms with Gasteiger partial charge in [0.25, 0.3) is 0 Å². The Morgan fingerprint density at radius 2 is 2.05 bits per heavy atom. The average Bonchev–Trinajstić information content (AvgIpc) is 2.47. The predicted octanol–water partition coefficient (Wildman–Crippen LogP) is 2.75. The standard InChI is InChI=1S/C13H13N3O4/c1-19-9-5-6-12(20-2)10(8-9)15-13-11(16(17)18)4-3-7-14-13/h3-8H,1-2H3,(H,14,15). The van der Waals surface area contributed by atoms with Gasteiger partial charge in [0.1, 0.15) is 11.5 Å². The number of nitro groups is 1. The summed E-state index contributed by atoms with van der Waals surface area (Å²) in [6.45, 7) is 0. The Balaban J connectivity index is 2.41. The van der Waals surface area contributed by atoms with E-state index in [0.717, 1.165) is 0 Å². The van der Waals surface area contributed by atoms with Crippen molar-refractivity contribution in [1.29, 1.82) is 0 Å². The molecule has 0 aliphatic carbocycles. The van der Waals surface area contributed by atoms with Crippen LogP contribution in [0.5, 0.6) is 11.5 Å². The minimum Gasteiger partial charge on any atom is -0.497 e. The lowest BCUT2D eigenvalue weighted by Gasteiger charge is -2.12. The third kappa shape index (κ3) is 2.77. The topological polar surface area (TPSA) is 86.5 Å². The van der Waals surface area contributed by atoms with E-state index in [1.54, 1.807) is 18.2 Å². The quantitative estimate of drug-likeness (QED) is 0.667. The average molecular weight is 275 g/mol. The molecule has 1 aromatic carbocycles. The number of anilines is 2. The van der Waals surface area contributed by atoms with E-state index in [9.17, 15) is 10.1 Å². The van der Waals surface area contributed by atoms with Crippen LogP contribution in [0.4, 0.5) is 17.2 Å². The zero-order valence-corrected chi connectivity index (χ0v) is 11.0. The molecule has 7 nitrogen and oxygen atoms in total. The van der Waals surface area contributed by atoms with Gasteiger partial charge in [-0.15, -0.1) is 0 Å². The van der Waals surface area contributed by atoms with Crippen molar-refractivity contribution in [2.75, 3.05) is 19.5 Å². The van der Waals surface area contributed by atoms with Crippen LogP contribution in [0.2, 0.25) is 0 Å². The SMILES string of the molecule is COc1ccc(OC)c(Nc2ncccc2[N+](=O)[O-])c1. The molecule has 0 unspecified atom stereocenters. The molecule has 1 heterocycles. The number of benzene rings is 1. The maximum atomic E-state index is 11.0. The van der Waals surface area contributed by atoms with Crippen LogP contribution in [0.15, 0.2) is 36.5 Å². The van der Waals surface area contributed by atoms with Gasteiger partial charge in [-0.1, -0.05) is 0 Å². The van der Waals surface area contributed by atoms with E-state index in [2.05, 4.69) is 10.3 Å². The number of pyridine rings is 1. The van der Waals surface area contributed by atoms with Gasteiger partial charge in [-0.25, -0.2) is 4.98 Å². The summed E-state index contributed by atoms with van der Waals surface area (Å²) in [4.78, 5) is 14.4. The summed E-state index contributed by atoms with van der Waals surface area (Å²) in [6.07, 6.45) is 1.47. The van der Waals surface area contributed by atoms with Gasteiger partial charge in [-0.3, -0.25) is 10.1 Å². The third-order valence-electron chi connectivity index (χ3n) is 2.64. The molecule has 0 atom stereocenters. The maximum absolute atomic E-state index is 11.0. The normalized spacial score (nSPS) is 9.90. The third-order valence-corrected chi connectivity index (χ3v) is 2.64. The highest BCUT2D eigenvalue weighted by molar-refractivity contribution is 5.71. The molecular formula is C13H13N3O4. The fourth-order valence-electron chi connectivity index (χ4n) is 1.68. The van der Waals surface area contributed by atoms with Gasteiger partial charge >= 0.3 is 5.69 Å². The zero-order chi connectivity index (χ0) is 14.5. The van der Waals surface area contributed by atoms with Gasteiger partial charge in [0.05, 0.1) is 24.8 Å². The molecule has 0 aliphatic heterocycles. The molecule has 7 heteroatoms. The lowest BCUT2D eigenvalue weighted by molar-refractivity contribution is -0.384. The summed E-state index contributed by atoms with van der Waals surface area (Å²) in [5, 5.41) is 13.8. The van der Waals surface area contributed by atoms with Gasteiger partial charge in [-0.2, -0.15) is 0 Å². The number of aromatic nitrogens is 1. The summed E-state index contributed by atoms with van der Waals surface area (Å²) >= 11 is 0. The lowest BCUT2D eigenvalue weighted by Crippen LogP contribution is -2.01. The zero-order valence-electron chi connectivity index (χ0n) is 11.0. The molecule has 2 aromatic rings. The van der Waals surface area contributed by atoms with E-state index < -0.39 is 4.92 Å². The number of ether oxygens (including phenoxy) is 2. The fourth-order valence-corrected chi connectivity index (χ4v) is 1.68. The number of hydrogen-bond acceptors (Lipinski definition) is 6. The van der Waals surface area contributed by atoms with Crippen molar-refractivity contribution in [3.63, 3.8) is 0 Å². The molecule has 104 valence electrons. The van der Waals surface area contributed by atoms with E-state index in [4.69, 9.17) is 9.47 Å². The Hall–Kier alpha value is -2.83. The summed E-state index contributed by atoms with van der Waals surface area (Å²) in [5.41, 5.74) is 0.422. The van der Waals surface area contributed by atoms with Crippen LogP contribution in [0.3, 0.4) is 0 Å². The van der Waals surface area contributed by atoms with Gasteiger partial charge in [0, 0.05) is 18.3 Å². The second-order valence-corrected chi connectivity index (χ2v) is 3.82. The molecule has 0 radical (unpaired) electrons. The molecule has 2 rings (SSSR count). The number of nitrogens with one attached hydrogen (secondary N) is 1. The molecular weight excluding hydrogens is 262 g/mol. The molecule has 0 spiro atoms. The predicted molar refractivity (Wildman–Crippen MR) is 73.7 cm³/mol. The number of methoxy groups -OCH3 is 2. The fraction of sp³-hybridized carbons (Fsp3) is 0.154. The van der Waals surface area contributed by atoms with E-state index in [0.29, 0.717) is 17.2 Å². The van der Waals surface area contributed by atoms with Crippen LogP contribution in [-0.4, -0.2) is 24.1 Å². The Morgan fingerprint density at radius 3 is 2.70 bits per heavy atom. The van der Waals surface area contributed by atoms with Crippen LogP contribution in [0.25, 0.3) is 0 Å². The second kappa shape index (κ2) is 5.87. The first-order valence-corrected chi connectivity index (χ1v) is 5.74. The van der Waals surface area contributed by atoms with Gasteiger partial charge in [0.2, 0.25) is 5.82 Å². The van der Waals surface area contributed by atoms with Crippen LogP contribution in [0.1, 0.15) is 0 Å². The van der Waals surface area contributed by atoms with Crippen LogP contribution in [-0.2, 0) is 0 Å². The number of rotatable bonds is 5. The van der Waals surface area contributed by atoms with Crippen molar-refractivity contribution in [3.05, 3.63) is 46.6 Å². The van der Waals surface area contributed by atoms with Crippen LogP contribution < -0.4 is 14.8 Å². The van der Waals surface area contributed by atoms with Crippen molar-refractivity contribution in [3.8, 4) is 11.5 Å². The van der Waals surface area contributed by atoms with E-state index in [1.165, 1.54) is 32.5 Å². The van der Waals surface area contributed by atoms with Crippen LogP contribution >= 0.6 is 0 Å². The highest BCUT2D eigenvalue weighted by Gasteiger charge is 2.16. The molecule has 0 amide bonds. The van der Waals surface area contributed by atoms with Crippen LogP contribution in [0, 0.1) is 10.1 Å². The minimum atomic E-state index is -0.498. The van der Waals surface area contributed by atoms with Crippen molar-refractivity contribution in [2.24, 2.45) is 0 Å². The smallest absolute Gasteiger partial charge is 0.311 e. The molecule has 0 aliphatic rings. The van der Waals surface area contributed by atoms with Crippen molar-refractivity contribution in [2.45, 2.75) is 0 Å². The first-order valence-electron chi connectivity index (χ1n) is 5.74. The van der Waals surface area contributed by atoms with Gasteiger partial charge in [-0.05, 0) is 18.2 Å². The van der Waals surface area contributed by atoms with Gasteiger partial charge < -0.3 is 14.8 Å². The van der Waals surface area contributed by atoms with Crippen molar-refractivity contribution >= 4 is 17.2 Å². The summed E-state index contributed by atoms with van der Waals surface area (Å²) in [6, 6.07) is 8.00. The Bertz CT molecular complexity index is 631. The Morgan fingerprint density at radius 1 is 1.25 bits per heavy atom. The molecule has 0 fully saturated rings. The van der Waals surface area contributed by atoms with E-state index >= 15 is 0 Å². The highest BCUT2D eigenvalue weighted by atomic mass is 16.6. The van der Waals surface area contributed by atoms with E-state index in [1.807, 2.05) is 0 Å². The Kier molecular flexibility index (Phi) is 3.99. The largest absolute Gasteiger partial charge is 0.497 e. The number of nitrogens with zero attached hydrogens (tertiary/aromatic N) is 2. The Labute approximate surface area is 115 Å². The first kappa shape index (κ1) is 13.6.